The van der Waals surface area contributed by atoms with E-state index in [1.54, 1.807) is 67.2 Å². The van der Waals surface area contributed by atoms with Crippen molar-refractivity contribution in [2.75, 3.05) is 26.2 Å². The van der Waals surface area contributed by atoms with Gasteiger partial charge < -0.3 is 10.0 Å². The molecule has 4 fully saturated rings. The van der Waals surface area contributed by atoms with Gasteiger partial charge in [-0.1, -0.05) is 12.8 Å². The van der Waals surface area contributed by atoms with Crippen molar-refractivity contribution in [3.8, 4) is 0 Å². The fraction of sp³-hybridized carbons (Fsp3) is 0.444. The fourth-order valence-corrected chi connectivity index (χ4v) is 7.26. The Hall–Kier alpha value is 0.859. The Bertz CT molecular complexity index is 911. The summed E-state index contributed by atoms with van der Waals surface area (Å²) in [7, 11) is -7.01. The van der Waals surface area contributed by atoms with Gasteiger partial charge in [0.1, 0.15) is 10.5 Å². The summed E-state index contributed by atoms with van der Waals surface area (Å²) in [6.45, 7) is 11.9. The molecular formula is C36H51Fe2NO5S2+4. The molecule has 4 rings (SSSR count). The van der Waals surface area contributed by atoms with Gasteiger partial charge in [-0.25, -0.2) is 16.8 Å². The first-order valence-electron chi connectivity index (χ1n) is 15.3. The van der Waals surface area contributed by atoms with E-state index < -0.39 is 29.2 Å². The molecular weight excluding hydrogens is 702 g/mol. The summed E-state index contributed by atoms with van der Waals surface area (Å²) >= 11 is 0. The van der Waals surface area contributed by atoms with Gasteiger partial charge in [-0.15, -0.1) is 0 Å². The van der Waals surface area contributed by atoms with Crippen LogP contribution in [0.15, 0.2) is 0 Å². The zero-order chi connectivity index (χ0) is 32.9. The molecule has 4 saturated carbocycles. The average molecular weight is 754 g/mol. The van der Waals surface area contributed by atoms with E-state index in [0.717, 1.165) is 37.5 Å². The Morgan fingerprint density at radius 3 is 1.15 bits per heavy atom. The number of unbranched alkanes of at least 4 members (excludes halogenated alkanes) is 3. The van der Waals surface area contributed by atoms with E-state index in [4.69, 9.17) is 5.11 Å². The van der Waals surface area contributed by atoms with Crippen molar-refractivity contribution in [2.24, 2.45) is 0 Å². The van der Waals surface area contributed by atoms with E-state index in [2.05, 4.69) is 4.90 Å². The zero-order valence-corrected chi connectivity index (χ0v) is 31.8. The van der Waals surface area contributed by atoms with Crippen molar-refractivity contribution in [2.45, 2.75) is 76.7 Å². The number of sulfone groups is 2. The van der Waals surface area contributed by atoms with Gasteiger partial charge in [0, 0.05) is 31.5 Å². The molecule has 46 heavy (non-hydrogen) atoms. The monoisotopic (exact) mass is 753 g/mol. The molecule has 1 N–H and O–H groups in total. The second-order valence-corrected chi connectivity index (χ2v) is 18.2. The van der Waals surface area contributed by atoms with Gasteiger partial charge in [-0.3, -0.25) is 0 Å². The van der Waals surface area contributed by atoms with Gasteiger partial charge in [0.15, 0.2) is 19.7 Å². The standard InChI is InChI=1S/C26H41NO5S2.2C5H5.2Fe/c1-25(2,3)33(29,30)23-15-11-13-21(23)19-27(17-9-7-8-10-18-28)20-22-14-12-16-24(22)34(31,32)26(4,5)6;2*1-2-4-5-3-1;;/h11-16,28H,7-10,17-20H2,1-6H3;2*1-5H;;/q;;;2*+2. The van der Waals surface area contributed by atoms with Crippen molar-refractivity contribution in [3.63, 3.8) is 0 Å². The summed E-state index contributed by atoms with van der Waals surface area (Å²) < 4.78 is 50.7. The molecule has 0 aliphatic heterocycles. The minimum atomic E-state index is -3.51. The largest absolute Gasteiger partial charge is 2.00 e. The molecule has 0 aromatic rings. The van der Waals surface area contributed by atoms with Gasteiger partial charge in [0.05, 0.1) is 9.49 Å². The number of nitrogens with zero attached hydrogens (tertiary/aromatic N) is 1. The van der Waals surface area contributed by atoms with Gasteiger partial charge in [0.25, 0.3) is 0 Å². The van der Waals surface area contributed by atoms with Crippen LogP contribution in [0, 0.1) is 125 Å². The molecule has 0 atom stereocenters. The zero-order valence-electron chi connectivity index (χ0n) is 27.9. The van der Waals surface area contributed by atoms with Crippen LogP contribution in [0.4, 0.5) is 0 Å². The van der Waals surface area contributed by atoms with Crippen molar-refractivity contribution >= 4 is 19.7 Å². The van der Waals surface area contributed by atoms with Gasteiger partial charge in [-0.05, 0) is 164 Å². The second kappa shape index (κ2) is 22.6. The number of aliphatic hydroxyl groups is 1. The van der Waals surface area contributed by atoms with Crippen molar-refractivity contribution in [3.05, 3.63) is 125 Å². The normalized spacial score (nSPS) is 20.5. The molecule has 0 bridgehead atoms. The molecule has 254 valence electrons. The summed E-state index contributed by atoms with van der Waals surface area (Å²) in [4.78, 5) is 2.13. The topological polar surface area (TPSA) is 91.8 Å². The van der Waals surface area contributed by atoms with Crippen LogP contribution < -0.4 is 0 Å². The quantitative estimate of drug-likeness (QED) is 0.201. The molecule has 0 amide bonds. The summed E-state index contributed by atoms with van der Waals surface area (Å²) in [5.41, 5.74) is 0. The molecule has 20 radical (unpaired) electrons. The molecule has 0 heterocycles. The molecule has 4 aliphatic carbocycles. The van der Waals surface area contributed by atoms with Crippen LogP contribution in [0.1, 0.15) is 67.2 Å². The second-order valence-electron chi connectivity index (χ2n) is 12.8. The van der Waals surface area contributed by atoms with Crippen molar-refractivity contribution < 1.29 is 56.1 Å². The molecule has 0 aromatic carbocycles. The molecule has 0 aromatic heterocycles. The third-order valence-electron chi connectivity index (χ3n) is 7.20. The Balaban J connectivity index is 0.00000142. The van der Waals surface area contributed by atoms with Crippen LogP contribution in [0.3, 0.4) is 0 Å². The van der Waals surface area contributed by atoms with Crippen molar-refractivity contribution in [1.82, 2.24) is 4.90 Å². The maximum Gasteiger partial charge on any atom is 2.00 e. The summed E-state index contributed by atoms with van der Waals surface area (Å²) in [5, 5.41) is 9.72. The van der Waals surface area contributed by atoms with Gasteiger partial charge in [-0.2, -0.15) is 0 Å². The molecule has 0 spiro atoms. The van der Waals surface area contributed by atoms with Crippen LogP contribution >= 0.6 is 0 Å². The minimum Gasteiger partial charge on any atom is -0.396 e. The first-order valence-corrected chi connectivity index (χ1v) is 18.2. The van der Waals surface area contributed by atoms with Crippen LogP contribution in [0.2, 0.25) is 0 Å². The molecule has 4 aliphatic rings. The van der Waals surface area contributed by atoms with E-state index >= 15 is 0 Å². The van der Waals surface area contributed by atoms with E-state index in [-0.39, 0.29) is 40.7 Å². The SMILES string of the molecule is CC(C)(C)S(=O)(=O)[C]1[CH][CH][CH][C]1CN(CCCCCCO)C[C]1[CH][CH][CH][C]1S(=O)(=O)C(C)(C)C.[CH]1[CH][CH][CH][CH]1.[CH]1[CH][CH][CH][CH]1.[Fe+2].[Fe+2]. The number of hydrogen-bond donors (Lipinski definition) is 1. The first kappa shape index (κ1) is 46.9. The number of hydrogen-bond acceptors (Lipinski definition) is 6. The minimum absolute atomic E-state index is 0. The summed E-state index contributed by atoms with van der Waals surface area (Å²) in [5.74, 6) is 1.47. The Morgan fingerprint density at radius 1 is 0.522 bits per heavy atom. The summed E-state index contributed by atoms with van der Waals surface area (Å²) in [6.07, 6.45) is 34.0. The van der Waals surface area contributed by atoms with E-state index in [9.17, 15) is 16.8 Å². The maximum absolute atomic E-state index is 13.1. The van der Waals surface area contributed by atoms with Gasteiger partial charge >= 0.3 is 34.1 Å². The molecule has 6 nitrogen and oxygen atoms in total. The fourth-order valence-electron chi connectivity index (χ4n) is 4.47. The Labute approximate surface area is 306 Å². The van der Waals surface area contributed by atoms with E-state index in [1.807, 2.05) is 77.0 Å². The van der Waals surface area contributed by atoms with Crippen molar-refractivity contribution in [1.29, 1.82) is 0 Å². The van der Waals surface area contributed by atoms with Crippen LogP contribution in [-0.4, -0.2) is 62.6 Å². The van der Waals surface area contributed by atoms with E-state index in [1.165, 1.54) is 0 Å². The third-order valence-corrected chi connectivity index (χ3v) is 12.4. The number of rotatable bonds is 12. The molecule has 10 heteroatoms. The predicted octanol–water partition coefficient (Wildman–Crippen LogP) is 5.77. The van der Waals surface area contributed by atoms with Crippen LogP contribution in [0.5, 0.6) is 0 Å². The maximum atomic E-state index is 13.1. The van der Waals surface area contributed by atoms with Crippen LogP contribution in [0.25, 0.3) is 0 Å². The van der Waals surface area contributed by atoms with Gasteiger partial charge in [0.2, 0.25) is 0 Å². The number of aliphatic hydroxyl groups excluding tert-OH is 1. The van der Waals surface area contributed by atoms with Crippen LogP contribution in [-0.2, 0) is 53.8 Å². The smallest absolute Gasteiger partial charge is 0.396 e. The molecule has 0 saturated heterocycles. The first-order chi connectivity index (χ1) is 20.6. The molecule has 0 unspecified atom stereocenters. The third kappa shape index (κ3) is 15.0. The summed E-state index contributed by atoms with van der Waals surface area (Å²) in [6, 6.07) is 0. The average Bonchev–Trinajstić information content (AvgIpc) is 3.77. The Kier molecular flexibility index (Phi) is 23.1. The Morgan fingerprint density at radius 2 is 0.848 bits per heavy atom. The predicted molar refractivity (Wildman–Crippen MR) is 181 cm³/mol. The van der Waals surface area contributed by atoms with E-state index in [0.29, 0.717) is 30.1 Å².